The zero-order valence-electron chi connectivity index (χ0n) is 9.62. The second-order valence-corrected chi connectivity index (χ2v) is 5.08. The Morgan fingerprint density at radius 1 is 1.47 bits per heavy atom. The highest BCUT2D eigenvalue weighted by Crippen LogP contribution is 2.50. The molecule has 0 spiro atoms. The van der Waals surface area contributed by atoms with Crippen molar-refractivity contribution in [2.24, 2.45) is 0 Å². The van der Waals surface area contributed by atoms with Crippen LogP contribution in [-0.2, 0) is 5.41 Å². The molecule has 1 radical (unpaired) electrons. The Morgan fingerprint density at radius 3 is 3.07 bits per heavy atom. The minimum absolute atomic E-state index is 0.313. The zero-order valence-corrected chi connectivity index (χ0v) is 9.62. The first kappa shape index (κ1) is 9.22. The van der Waals surface area contributed by atoms with E-state index in [-0.39, 0.29) is 0 Å². The van der Waals surface area contributed by atoms with Gasteiger partial charge in [-0.3, -0.25) is 4.90 Å². The van der Waals surface area contributed by atoms with Crippen LogP contribution in [0.15, 0.2) is 18.2 Å². The van der Waals surface area contributed by atoms with Crippen LogP contribution in [0.4, 0.5) is 5.69 Å². The molecule has 2 aliphatic heterocycles. The van der Waals surface area contributed by atoms with E-state index < -0.39 is 0 Å². The fraction of sp³-hybridized carbons (Fsp3) is 0.538. The number of fused-ring (bicyclic) bond motifs is 3. The van der Waals surface area contributed by atoms with Crippen LogP contribution in [0.2, 0.25) is 0 Å². The number of rotatable bonds is 0. The van der Waals surface area contributed by atoms with Gasteiger partial charge in [0.05, 0.1) is 6.17 Å². The van der Waals surface area contributed by atoms with Crippen molar-refractivity contribution in [3.05, 3.63) is 29.8 Å². The van der Waals surface area contributed by atoms with Gasteiger partial charge in [-0.25, -0.2) is 0 Å². The summed E-state index contributed by atoms with van der Waals surface area (Å²) in [7, 11) is 4.42. The maximum absolute atomic E-state index is 3.18. The smallest absolute Gasteiger partial charge is 0.0911 e. The van der Waals surface area contributed by atoms with E-state index in [0.29, 0.717) is 11.6 Å². The average molecular weight is 201 g/mol. The van der Waals surface area contributed by atoms with Gasteiger partial charge in [-0.1, -0.05) is 19.1 Å². The molecule has 2 nitrogen and oxygen atoms in total. The van der Waals surface area contributed by atoms with Crippen molar-refractivity contribution in [2.45, 2.75) is 24.9 Å². The van der Waals surface area contributed by atoms with Crippen LogP contribution in [0.1, 0.15) is 18.9 Å². The van der Waals surface area contributed by atoms with Crippen molar-refractivity contribution in [3.8, 4) is 0 Å². The SMILES string of the molecule is CN1CCC2(C)c3cc[c]cc3N(C)C12. The second kappa shape index (κ2) is 2.76. The van der Waals surface area contributed by atoms with E-state index in [1.165, 1.54) is 24.2 Å². The van der Waals surface area contributed by atoms with Crippen molar-refractivity contribution in [1.82, 2.24) is 4.90 Å². The highest BCUT2D eigenvalue weighted by Gasteiger charge is 2.51. The van der Waals surface area contributed by atoms with Crippen LogP contribution in [0.5, 0.6) is 0 Å². The fourth-order valence-electron chi connectivity index (χ4n) is 3.47. The molecule has 2 aliphatic rings. The highest BCUT2D eigenvalue weighted by atomic mass is 15.4. The minimum atomic E-state index is 0.313. The Hall–Kier alpha value is -1.02. The maximum atomic E-state index is 3.18. The van der Waals surface area contributed by atoms with Gasteiger partial charge in [0.25, 0.3) is 0 Å². The summed E-state index contributed by atoms with van der Waals surface area (Å²) in [5.74, 6) is 0. The van der Waals surface area contributed by atoms with Crippen molar-refractivity contribution < 1.29 is 0 Å². The molecule has 1 fully saturated rings. The van der Waals surface area contributed by atoms with Gasteiger partial charge in [0.1, 0.15) is 0 Å². The van der Waals surface area contributed by atoms with E-state index in [1.54, 1.807) is 0 Å². The second-order valence-electron chi connectivity index (χ2n) is 5.08. The third-order valence-corrected chi connectivity index (χ3v) is 4.18. The molecular formula is C13H17N2. The first-order chi connectivity index (χ1) is 7.14. The predicted octanol–water partition coefficient (Wildman–Crippen LogP) is 1.86. The summed E-state index contributed by atoms with van der Waals surface area (Å²) in [6, 6.07) is 9.58. The number of benzene rings is 1. The number of hydrogen-bond acceptors (Lipinski definition) is 2. The van der Waals surface area contributed by atoms with Crippen LogP contribution >= 0.6 is 0 Å². The normalized spacial score (nSPS) is 34.3. The highest BCUT2D eigenvalue weighted by molar-refractivity contribution is 5.63. The molecule has 2 heteroatoms. The Labute approximate surface area is 91.5 Å². The minimum Gasteiger partial charge on any atom is -0.358 e. The molecule has 2 atom stereocenters. The summed E-state index contributed by atoms with van der Waals surface area (Å²) in [4.78, 5) is 4.86. The number of likely N-dealkylation sites (tertiary alicyclic amines) is 1. The molecule has 1 saturated heterocycles. The van der Waals surface area contributed by atoms with Crippen LogP contribution in [0.25, 0.3) is 0 Å². The quantitative estimate of drug-likeness (QED) is 0.632. The van der Waals surface area contributed by atoms with Crippen LogP contribution in [0.3, 0.4) is 0 Å². The van der Waals surface area contributed by atoms with Gasteiger partial charge in [0.2, 0.25) is 0 Å². The molecule has 1 aromatic rings. The maximum Gasteiger partial charge on any atom is 0.0911 e. The van der Waals surface area contributed by atoms with E-state index in [4.69, 9.17) is 0 Å². The van der Waals surface area contributed by atoms with Crippen LogP contribution in [0, 0.1) is 6.07 Å². The van der Waals surface area contributed by atoms with Crippen molar-refractivity contribution in [1.29, 1.82) is 0 Å². The van der Waals surface area contributed by atoms with Gasteiger partial charge < -0.3 is 4.90 Å². The molecule has 0 aromatic heterocycles. The summed E-state index contributed by atoms with van der Waals surface area (Å²) in [6.45, 7) is 3.59. The van der Waals surface area contributed by atoms with Crippen molar-refractivity contribution >= 4 is 5.69 Å². The van der Waals surface area contributed by atoms with E-state index in [1.807, 2.05) is 6.07 Å². The number of hydrogen-bond donors (Lipinski definition) is 0. The van der Waals surface area contributed by atoms with Gasteiger partial charge >= 0.3 is 0 Å². The lowest BCUT2D eigenvalue weighted by Crippen LogP contribution is -2.45. The fourth-order valence-corrected chi connectivity index (χ4v) is 3.47. The van der Waals surface area contributed by atoms with Gasteiger partial charge in [0, 0.05) is 24.7 Å². The lowest BCUT2D eigenvalue weighted by Gasteiger charge is -2.32. The van der Waals surface area contributed by atoms with Gasteiger partial charge in [-0.15, -0.1) is 0 Å². The third kappa shape index (κ3) is 0.979. The standard InChI is InChI=1S/C13H17N2/c1-13-8-9-14(2)12(13)15(3)11-7-5-4-6-10(11)13/h4,6-7,12H,8-9H2,1-3H3. The van der Waals surface area contributed by atoms with Crippen LogP contribution in [-0.4, -0.2) is 31.7 Å². The Kier molecular flexibility index (Phi) is 1.70. The molecule has 0 N–H and O–H groups in total. The van der Waals surface area contributed by atoms with Crippen molar-refractivity contribution in [2.75, 3.05) is 25.5 Å². The molecular weight excluding hydrogens is 184 g/mol. The van der Waals surface area contributed by atoms with Gasteiger partial charge in [-0.2, -0.15) is 0 Å². The Balaban J connectivity index is 2.19. The van der Waals surface area contributed by atoms with Crippen LogP contribution < -0.4 is 4.90 Å². The molecule has 3 rings (SSSR count). The Bertz CT molecular complexity index is 401. The molecule has 0 saturated carbocycles. The summed E-state index contributed by atoms with van der Waals surface area (Å²) in [6.07, 6.45) is 1.79. The summed E-state index contributed by atoms with van der Waals surface area (Å²) in [5, 5.41) is 0. The van der Waals surface area contributed by atoms with E-state index >= 15 is 0 Å². The molecule has 79 valence electrons. The predicted molar refractivity (Wildman–Crippen MR) is 62.1 cm³/mol. The topological polar surface area (TPSA) is 6.48 Å². The molecule has 2 heterocycles. The molecule has 0 aliphatic carbocycles. The first-order valence-electron chi connectivity index (χ1n) is 5.58. The van der Waals surface area contributed by atoms with E-state index in [0.717, 1.165) is 0 Å². The summed E-state index contributed by atoms with van der Waals surface area (Å²) in [5.41, 5.74) is 3.17. The summed E-state index contributed by atoms with van der Waals surface area (Å²) >= 11 is 0. The molecule has 0 bridgehead atoms. The summed E-state index contributed by atoms with van der Waals surface area (Å²) < 4.78 is 0. The molecule has 15 heavy (non-hydrogen) atoms. The number of anilines is 1. The average Bonchev–Trinajstić information content (AvgIpc) is 2.65. The first-order valence-corrected chi connectivity index (χ1v) is 5.58. The largest absolute Gasteiger partial charge is 0.358 e. The van der Waals surface area contributed by atoms with E-state index in [2.05, 4.69) is 49.0 Å². The molecule has 0 amide bonds. The zero-order chi connectivity index (χ0) is 10.6. The number of likely N-dealkylation sites (N-methyl/N-ethyl adjacent to an activating group) is 2. The molecule has 1 aromatic carbocycles. The number of nitrogens with zero attached hydrogens (tertiary/aromatic N) is 2. The van der Waals surface area contributed by atoms with Gasteiger partial charge in [0.15, 0.2) is 0 Å². The lowest BCUT2D eigenvalue weighted by atomic mass is 9.81. The third-order valence-electron chi connectivity index (χ3n) is 4.18. The van der Waals surface area contributed by atoms with Crippen molar-refractivity contribution in [3.63, 3.8) is 0 Å². The monoisotopic (exact) mass is 201 g/mol. The van der Waals surface area contributed by atoms with Gasteiger partial charge in [-0.05, 0) is 31.2 Å². The lowest BCUT2D eigenvalue weighted by molar-refractivity contribution is 0.268. The van der Waals surface area contributed by atoms with E-state index in [9.17, 15) is 0 Å². The molecule has 2 unspecified atom stereocenters. The Morgan fingerprint density at radius 2 is 2.27 bits per heavy atom.